The first-order valence-electron chi connectivity index (χ1n) is 3.40. The van der Waals surface area contributed by atoms with Crippen LogP contribution in [0.1, 0.15) is 6.92 Å². The van der Waals surface area contributed by atoms with Crippen molar-refractivity contribution >= 4 is 24.9 Å². The largest absolute Gasteiger partial charge is 0.462 e. The number of hydrogen-bond donors (Lipinski definition) is 1. The summed E-state index contributed by atoms with van der Waals surface area (Å²) in [5.74, 6) is 2.53. The van der Waals surface area contributed by atoms with Crippen LogP contribution in [0.4, 0.5) is 0 Å². The molecule has 0 aromatic carbocycles. The van der Waals surface area contributed by atoms with Gasteiger partial charge in [-0.3, -0.25) is 0 Å². The number of hydrogen-bond acceptors (Lipinski definition) is 3. The SMILES string of the molecule is BOPC(C#CO)(C=CC)OB. The van der Waals surface area contributed by atoms with E-state index in [0.717, 1.165) is 0 Å². The highest BCUT2D eigenvalue weighted by molar-refractivity contribution is 7.36. The molecule has 0 aliphatic rings. The van der Waals surface area contributed by atoms with Crippen LogP contribution in [0.25, 0.3) is 0 Å². The van der Waals surface area contributed by atoms with Crippen molar-refractivity contribution < 1.29 is 14.2 Å². The Morgan fingerprint density at radius 3 is 2.58 bits per heavy atom. The minimum Gasteiger partial charge on any atom is -0.462 e. The second-order valence-corrected chi connectivity index (χ2v) is 3.34. The van der Waals surface area contributed by atoms with E-state index in [9.17, 15) is 0 Å². The summed E-state index contributed by atoms with van der Waals surface area (Å²) in [6.45, 7) is 1.85. The van der Waals surface area contributed by atoms with Crippen LogP contribution in [0.2, 0.25) is 0 Å². The maximum atomic E-state index is 8.46. The molecule has 0 bridgehead atoms. The molecule has 3 nitrogen and oxygen atoms in total. The van der Waals surface area contributed by atoms with Gasteiger partial charge in [-0.25, -0.2) is 0 Å². The summed E-state index contributed by atoms with van der Waals surface area (Å²) in [4.78, 5) is 0. The van der Waals surface area contributed by atoms with Crippen molar-refractivity contribution in [2.45, 2.75) is 12.3 Å². The van der Waals surface area contributed by atoms with Crippen LogP contribution < -0.4 is 0 Å². The lowest BCUT2D eigenvalue weighted by molar-refractivity contribution is 0.287. The van der Waals surface area contributed by atoms with Gasteiger partial charge < -0.3 is 14.2 Å². The molecule has 0 rings (SSSR count). The van der Waals surface area contributed by atoms with Gasteiger partial charge in [0.1, 0.15) is 6.11 Å². The molecule has 2 atom stereocenters. The number of aliphatic hydroxyl groups is 1. The normalized spacial score (nSPS) is 16.1. The minimum absolute atomic E-state index is 0.0473. The van der Waals surface area contributed by atoms with E-state index in [1.165, 1.54) is 8.05 Å². The van der Waals surface area contributed by atoms with E-state index < -0.39 is 5.34 Å². The lowest BCUT2D eigenvalue weighted by Gasteiger charge is -2.22. The predicted molar refractivity (Wildman–Crippen MR) is 54.8 cm³/mol. The zero-order valence-electron chi connectivity index (χ0n) is 7.42. The topological polar surface area (TPSA) is 38.7 Å². The molecule has 0 radical (unpaired) electrons. The average Bonchev–Trinajstić information content (AvgIpc) is 2.06. The molecular formula is C6H11B2O3P. The zero-order chi connectivity index (χ0) is 9.45. The first-order valence-corrected chi connectivity index (χ1v) is 4.31. The first-order chi connectivity index (χ1) is 5.74. The fourth-order valence-corrected chi connectivity index (χ4v) is 1.46. The lowest BCUT2D eigenvalue weighted by Crippen LogP contribution is -2.21. The second-order valence-electron chi connectivity index (χ2n) is 1.98. The van der Waals surface area contributed by atoms with Gasteiger partial charge in [-0.1, -0.05) is 6.08 Å². The van der Waals surface area contributed by atoms with E-state index in [1.807, 2.05) is 13.0 Å². The Morgan fingerprint density at radius 1 is 1.58 bits per heavy atom. The van der Waals surface area contributed by atoms with Gasteiger partial charge in [-0.2, -0.15) is 0 Å². The molecule has 0 saturated carbocycles. The van der Waals surface area contributed by atoms with E-state index >= 15 is 0 Å². The smallest absolute Gasteiger partial charge is 0.262 e. The van der Waals surface area contributed by atoms with Gasteiger partial charge in [-0.15, -0.1) is 0 Å². The third-order valence-corrected chi connectivity index (χ3v) is 2.22. The summed E-state index contributed by atoms with van der Waals surface area (Å²) < 4.78 is 10.1. The van der Waals surface area contributed by atoms with Crippen molar-refractivity contribution in [3.8, 4) is 12.0 Å². The van der Waals surface area contributed by atoms with Crippen LogP contribution in [0, 0.1) is 12.0 Å². The van der Waals surface area contributed by atoms with Gasteiger partial charge in [0.05, 0.1) is 0 Å². The molecule has 0 amide bonds. The van der Waals surface area contributed by atoms with Crippen molar-refractivity contribution in [3.63, 3.8) is 0 Å². The van der Waals surface area contributed by atoms with Crippen LogP contribution in [0.3, 0.4) is 0 Å². The number of rotatable bonds is 4. The van der Waals surface area contributed by atoms with Crippen molar-refractivity contribution in [1.82, 2.24) is 0 Å². The molecule has 64 valence electrons. The maximum absolute atomic E-state index is 8.46. The Morgan fingerprint density at radius 2 is 2.25 bits per heavy atom. The molecule has 0 aromatic heterocycles. The van der Waals surface area contributed by atoms with Gasteiger partial charge in [0, 0.05) is 8.81 Å². The second kappa shape index (κ2) is 6.14. The van der Waals surface area contributed by atoms with Crippen molar-refractivity contribution in [1.29, 1.82) is 0 Å². The maximum Gasteiger partial charge on any atom is 0.262 e. The Balaban J connectivity index is 4.58. The highest BCUT2D eigenvalue weighted by atomic mass is 31.1. The number of aliphatic hydroxyl groups excluding tert-OH is 1. The van der Waals surface area contributed by atoms with E-state index in [-0.39, 0.29) is 8.81 Å². The Bertz CT molecular complexity index is 211. The molecule has 0 spiro atoms. The van der Waals surface area contributed by atoms with E-state index in [0.29, 0.717) is 0 Å². The summed E-state index contributed by atoms with van der Waals surface area (Å²) in [7, 11) is 3.14. The third kappa shape index (κ3) is 3.32. The molecule has 0 aliphatic heterocycles. The summed E-state index contributed by atoms with van der Waals surface area (Å²) in [5.41, 5.74) is 0. The Labute approximate surface area is 76.3 Å². The molecule has 0 aromatic rings. The molecule has 0 fully saturated rings. The van der Waals surface area contributed by atoms with Crippen LogP contribution in [-0.4, -0.2) is 26.5 Å². The Hall–Kier alpha value is -0.420. The van der Waals surface area contributed by atoms with Crippen LogP contribution in [-0.2, 0) is 9.10 Å². The summed E-state index contributed by atoms with van der Waals surface area (Å²) in [5, 5.41) is 7.67. The van der Waals surface area contributed by atoms with Crippen molar-refractivity contribution in [2.75, 3.05) is 0 Å². The zero-order valence-corrected chi connectivity index (χ0v) is 8.42. The summed E-state index contributed by atoms with van der Waals surface area (Å²) in [6.07, 6.45) is 5.38. The lowest BCUT2D eigenvalue weighted by atomic mass is 10.3. The summed E-state index contributed by atoms with van der Waals surface area (Å²) in [6, 6.07) is 0. The predicted octanol–water partition coefficient (Wildman–Crippen LogP) is -0.685. The molecule has 0 heterocycles. The van der Waals surface area contributed by atoms with Gasteiger partial charge in [0.15, 0.2) is 5.34 Å². The third-order valence-electron chi connectivity index (χ3n) is 1.22. The van der Waals surface area contributed by atoms with Crippen molar-refractivity contribution in [2.24, 2.45) is 0 Å². The fourth-order valence-electron chi connectivity index (χ4n) is 0.731. The van der Waals surface area contributed by atoms with Gasteiger partial charge in [0.2, 0.25) is 0 Å². The van der Waals surface area contributed by atoms with Crippen LogP contribution in [0.15, 0.2) is 12.2 Å². The van der Waals surface area contributed by atoms with Gasteiger partial charge in [0.25, 0.3) is 16.1 Å². The van der Waals surface area contributed by atoms with Crippen LogP contribution in [0.5, 0.6) is 0 Å². The first kappa shape index (κ1) is 11.6. The number of allylic oxidation sites excluding steroid dienone is 1. The van der Waals surface area contributed by atoms with Gasteiger partial charge in [-0.05, 0) is 18.9 Å². The highest BCUT2D eigenvalue weighted by Gasteiger charge is 2.23. The molecule has 0 aliphatic carbocycles. The average molecular weight is 184 g/mol. The quantitative estimate of drug-likeness (QED) is 0.272. The van der Waals surface area contributed by atoms with E-state index in [1.54, 1.807) is 20.2 Å². The molecule has 2 unspecified atom stereocenters. The standard InChI is InChI=1S/C6H11B2O3P/c1-2-3-6(10-7,4-5-9)12-11-8/h2-3,9,12H,7-8H2,1H3. The molecule has 1 N–H and O–H groups in total. The monoisotopic (exact) mass is 184 g/mol. The Kier molecular flexibility index (Phi) is 5.92. The molecular weight excluding hydrogens is 173 g/mol. The summed E-state index contributed by atoms with van der Waals surface area (Å²) >= 11 is 0. The van der Waals surface area contributed by atoms with Crippen molar-refractivity contribution in [3.05, 3.63) is 12.2 Å². The van der Waals surface area contributed by atoms with Crippen LogP contribution >= 0.6 is 8.81 Å². The molecule has 0 saturated heterocycles. The minimum atomic E-state index is -0.793. The van der Waals surface area contributed by atoms with E-state index in [4.69, 9.17) is 14.2 Å². The molecule has 12 heavy (non-hydrogen) atoms. The van der Waals surface area contributed by atoms with E-state index in [2.05, 4.69) is 5.92 Å². The highest BCUT2D eigenvalue weighted by Crippen LogP contribution is 2.33. The van der Waals surface area contributed by atoms with Gasteiger partial charge >= 0.3 is 0 Å². The molecule has 6 heteroatoms. The fraction of sp³-hybridized carbons (Fsp3) is 0.333.